The molecule has 1 N–H and O–H groups in total. The minimum absolute atomic E-state index is 0.0353. The molecular formula is C32H40ClN3O3. The second-order valence-electron chi connectivity index (χ2n) is 10.3. The van der Waals surface area contributed by atoms with Crippen LogP contribution in [0.4, 0.5) is 5.69 Å². The lowest BCUT2D eigenvalue weighted by molar-refractivity contribution is 0.0660. The summed E-state index contributed by atoms with van der Waals surface area (Å²) in [6.07, 6.45) is -0.308. The molecule has 208 valence electrons. The predicted octanol–water partition coefficient (Wildman–Crippen LogP) is 7.27. The number of hydrogen-bond acceptors (Lipinski definition) is 5. The molecule has 39 heavy (non-hydrogen) atoms. The highest BCUT2D eigenvalue weighted by atomic mass is 35.5. The van der Waals surface area contributed by atoms with Crippen LogP contribution in [0.1, 0.15) is 72.4 Å². The fraction of sp³-hybridized carbons (Fsp3) is 0.406. The van der Waals surface area contributed by atoms with E-state index in [1.807, 2.05) is 60.4 Å². The number of ether oxygens (including phenoxy) is 2. The molecule has 3 aromatic carbocycles. The van der Waals surface area contributed by atoms with Gasteiger partial charge in [0.25, 0.3) is 5.91 Å². The van der Waals surface area contributed by atoms with Gasteiger partial charge in [0.1, 0.15) is 24.3 Å². The molecule has 0 aromatic heterocycles. The first-order valence-corrected chi connectivity index (χ1v) is 14.1. The van der Waals surface area contributed by atoms with Gasteiger partial charge in [-0.05, 0) is 79.0 Å². The number of likely N-dealkylation sites (N-methyl/N-ethyl adjacent to an activating group) is 1. The molecular weight excluding hydrogens is 510 g/mol. The van der Waals surface area contributed by atoms with E-state index in [1.165, 1.54) is 0 Å². The van der Waals surface area contributed by atoms with Gasteiger partial charge < -0.3 is 24.6 Å². The van der Waals surface area contributed by atoms with Gasteiger partial charge in [-0.2, -0.15) is 0 Å². The average molecular weight is 550 g/mol. The number of nitrogens with one attached hydrogen (secondary N) is 1. The number of amides is 1. The molecule has 1 unspecified atom stereocenters. The number of aryl methyl sites for hydroxylation is 1. The molecule has 0 saturated carbocycles. The topological polar surface area (TPSA) is 54.0 Å². The van der Waals surface area contributed by atoms with Crippen LogP contribution in [-0.4, -0.2) is 49.0 Å². The van der Waals surface area contributed by atoms with Gasteiger partial charge in [0.15, 0.2) is 0 Å². The first-order chi connectivity index (χ1) is 18.8. The van der Waals surface area contributed by atoms with Crippen LogP contribution in [0.25, 0.3) is 0 Å². The molecule has 4 rings (SSSR count). The molecule has 0 aliphatic carbocycles. The lowest BCUT2D eigenvalue weighted by Gasteiger charge is -2.39. The molecule has 0 fully saturated rings. The van der Waals surface area contributed by atoms with Gasteiger partial charge in [-0.15, -0.1) is 0 Å². The molecule has 7 heteroatoms. The zero-order valence-electron chi connectivity index (χ0n) is 23.9. The number of methoxy groups -OCH3 is 1. The van der Waals surface area contributed by atoms with E-state index in [0.29, 0.717) is 24.6 Å². The molecule has 6 nitrogen and oxygen atoms in total. The second-order valence-corrected chi connectivity index (χ2v) is 10.7. The molecule has 0 radical (unpaired) electrons. The maximum absolute atomic E-state index is 13.7. The number of halogens is 1. The van der Waals surface area contributed by atoms with Crippen molar-refractivity contribution >= 4 is 23.2 Å². The minimum atomic E-state index is -0.308. The highest BCUT2D eigenvalue weighted by Crippen LogP contribution is 2.36. The van der Waals surface area contributed by atoms with Gasteiger partial charge in [-0.25, -0.2) is 0 Å². The smallest absolute Gasteiger partial charge is 0.257 e. The molecule has 3 aromatic rings. The van der Waals surface area contributed by atoms with Gasteiger partial charge in [0, 0.05) is 29.4 Å². The normalized spacial score (nSPS) is 14.9. The highest BCUT2D eigenvalue weighted by molar-refractivity contribution is 6.31. The Balaban J connectivity index is 1.65. The summed E-state index contributed by atoms with van der Waals surface area (Å²) >= 11 is 6.48. The summed E-state index contributed by atoms with van der Waals surface area (Å²) in [5.41, 5.74) is 5.48. The fourth-order valence-corrected chi connectivity index (χ4v) is 5.52. The van der Waals surface area contributed by atoms with Crippen LogP contribution in [-0.2, 0) is 6.61 Å². The van der Waals surface area contributed by atoms with Crippen molar-refractivity contribution in [3.8, 4) is 11.5 Å². The van der Waals surface area contributed by atoms with E-state index in [2.05, 4.69) is 44.0 Å². The maximum atomic E-state index is 13.7. The number of benzene rings is 3. The summed E-state index contributed by atoms with van der Waals surface area (Å²) in [5.74, 6) is 1.87. The number of carbonyl (C=O) groups excluding carboxylic acids is 1. The van der Waals surface area contributed by atoms with Gasteiger partial charge in [-0.3, -0.25) is 4.79 Å². The molecule has 0 bridgehead atoms. The van der Waals surface area contributed by atoms with E-state index < -0.39 is 0 Å². The summed E-state index contributed by atoms with van der Waals surface area (Å²) in [5, 5.41) is 4.37. The molecule has 1 aliphatic heterocycles. The van der Waals surface area contributed by atoms with Crippen molar-refractivity contribution in [2.45, 2.75) is 53.3 Å². The number of hydrogen-bond donors (Lipinski definition) is 1. The zero-order chi connectivity index (χ0) is 28.1. The SMILES string of the molecule is CCN(CC)CCN1C(=O)c2ccccc2NC1c1ccc(OC)c(COc2cc(C(C)C)c(Cl)cc2C)c1. The Morgan fingerprint density at radius 1 is 1.05 bits per heavy atom. The number of carbonyl (C=O) groups is 1. The third-order valence-electron chi connectivity index (χ3n) is 7.49. The van der Waals surface area contributed by atoms with Crippen LogP contribution < -0.4 is 14.8 Å². The second kappa shape index (κ2) is 12.8. The first kappa shape index (κ1) is 28.8. The van der Waals surface area contributed by atoms with Crippen molar-refractivity contribution < 1.29 is 14.3 Å². The lowest BCUT2D eigenvalue weighted by atomic mass is 10.0. The molecule has 1 aliphatic rings. The number of rotatable bonds is 11. The van der Waals surface area contributed by atoms with Crippen LogP contribution in [0.15, 0.2) is 54.6 Å². The van der Waals surface area contributed by atoms with E-state index in [4.69, 9.17) is 21.1 Å². The Bertz CT molecular complexity index is 1310. The van der Waals surface area contributed by atoms with E-state index >= 15 is 0 Å². The largest absolute Gasteiger partial charge is 0.496 e. The fourth-order valence-electron chi connectivity index (χ4n) is 5.08. The van der Waals surface area contributed by atoms with Gasteiger partial charge in [0.05, 0.1) is 12.7 Å². The van der Waals surface area contributed by atoms with E-state index in [-0.39, 0.29) is 12.1 Å². The van der Waals surface area contributed by atoms with Crippen molar-refractivity contribution in [2.75, 3.05) is 38.6 Å². The molecule has 1 heterocycles. The minimum Gasteiger partial charge on any atom is -0.496 e. The summed E-state index contributed by atoms with van der Waals surface area (Å²) in [6, 6.07) is 17.8. The first-order valence-electron chi connectivity index (χ1n) is 13.8. The van der Waals surface area contributed by atoms with Gasteiger partial charge in [0.2, 0.25) is 0 Å². The van der Waals surface area contributed by atoms with E-state index in [9.17, 15) is 4.79 Å². The Morgan fingerprint density at radius 2 is 1.79 bits per heavy atom. The van der Waals surface area contributed by atoms with Gasteiger partial charge >= 0.3 is 0 Å². The Morgan fingerprint density at radius 3 is 2.49 bits per heavy atom. The Kier molecular flexibility index (Phi) is 9.41. The van der Waals surface area contributed by atoms with Crippen molar-refractivity contribution in [1.82, 2.24) is 9.80 Å². The van der Waals surface area contributed by atoms with Crippen LogP contribution in [0.2, 0.25) is 5.02 Å². The summed E-state index contributed by atoms with van der Waals surface area (Å²) in [7, 11) is 1.66. The van der Waals surface area contributed by atoms with Crippen molar-refractivity contribution in [3.05, 3.63) is 87.4 Å². The van der Waals surface area contributed by atoms with Crippen LogP contribution in [0.3, 0.4) is 0 Å². The zero-order valence-corrected chi connectivity index (χ0v) is 24.6. The predicted molar refractivity (Wildman–Crippen MR) is 159 cm³/mol. The van der Waals surface area contributed by atoms with Crippen molar-refractivity contribution in [3.63, 3.8) is 0 Å². The standard InChI is InChI=1S/C32H40ClN3O3/c1-7-35(8-2)15-16-36-31(34-28-12-10-9-11-25(28)32(36)37)23-13-14-29(38-6)24(18-23)20-39-30-19-26(21(3)4)27(33)17-22(30)5/h9-14,17-19,21,31,34H,7-8,15-16,20H2,1-6H3. The summed E-state index contributed by atoms with van der Waals surface area (Å²) in [6.45, 7) is 14.2. The molecule has 0 saturated heterocycles. The van der Waals surface area contributed by atoms with Gasteiger partial charge in [-0.1, -0.05) is 57.5 Å². The van der Waals surface area contributed by atoms with Crippen molar-refractivity contribution in [1.29, 1.82) is 0 Å². The summed E-state index contributed by atoms with van der Waals surface area (Å²) in [4.78, 5) is 17.9. The Hall–Kier alpha value is -3.22. The number of fused-ring (bicyclic) bond motifs is 1. The quantitative estimate of drug-likeness (QED) is 0.272. The van der Waals surface area contributed by atoms with Crippen LogP contribution in [0, 0.1) is 6.92 Å². The molecule has 0 spiro atoms. The average Bonchev–Trinajstić information content (AvgIpc) is 2.93. The highest BCUT2D eigenvalue weighted by Gasteiger charge is 2.33. The number of para-hydroxylation sites is 1. The van der Waals surface area contributed by atoms with Crippen molar-refractivity contribution in [2.24, 2.45) is 0 Å². The van der Waals surface area contributed by atoms with E-state index in [1.54, 1.807) is 7.11 Å². The number of anilines is 1. The lowest BCUT2D eigenvalue weighted by Crippen LogP contribution is -2.46. The van der Waals surface area contributed by atoms with Crippen LogP contribution in [0.5, 0.6) is 11.5 Å². The third-order valence-corrected chi connectivity index (χ3v) is 7.82. The Labute approximate surface area is 237 Å². The monoisotopic (exact) mass is 549 g/mol. The molecule has 1 atom stereocenters. The third kappa shape index (κ3) is 6.34. The molecule has 1 amide bonds. The maximum Gasteiger partial charge on any atom is 0.257 e. The van der Waals surface area contributed by atoms with Crippen LogP contribution >= 0.6 is 11.6 Å². The van der Waals surface area contributed by atoms with E-state index in [0.717, 1.165) is 64.1 Å². The summed E-state index contributed by atoms with van der Waals surface area (Å²) < 4.78 is 12.0. The number of nitrogens with zero attached hydrogens (tertiary/aromatic N) is 2.